The van der Waals surface area contributed by atoms with Gasteiger partial charge in [0.1, 0.15) is 5.58 Å². The van der Waals surface area contributed by atoms with Gasteiger partial charge in [-0.05, 0) is 24.3 Å². The van der Waals surface area contributed by atoms with Crippen LogP contribution in [-0.4, -0.2) is 19.1 Å². The fourth-order valence-corrected chi connectivity index (χ4v) is 10.3. The molecule has 0 N–H and O–H groups in total. The molecule has 0 amide bonds. The third-order valence-electron chi connectivity index (χ3n) is 10.4. The van der Waals surface area contributed by atoms with Gasteiger partial charge in [-0.2, -0.15) is 0 Å². The summed E-state index contributed by atoms with van der Waals surface area (Å²) < 4.78 is 12.0. The first-order valence-corrected chi connectivity index (χ1v) is 19.3. The van der Waals surface area contributed by atoms with Gasteiger partial charge in [0.2, 0.25) is 0 Å². The number of nitrogens with zero attached hydrogens (tertiary/aromatic N) is 2. The van der Waals surface area contributed by atoms with Crippen molar-refractivity contribution in [3.05, 3.63) is 182 Å². The van der Waals surface area contributed by atoms with E-state index in [1.807, 2.05) is 6.07 Å². The number of rotatable bonds is 5. The average molecular weight is 730 g/mol. The molecule has 3 heterocycles. The van der Waals surface area contributed by atoms with Crippen LogP contribution in [0.4, 0.5) is 17.1 Å². The summed E-state index contributed by atoms with van der Waals surface area (Å²) >= 11 is 0.361. The van der Waals surface area contributed by atoms with E-state index in [0.717, 1.165) is 50.2 Å². The normalized spacial score (nSPS) is 11.8. The minimum absolute atomic E-state index is 0.361. The van der Waals surface area contributed by atoms with E-state index in [1.165, 1.54) is 46.7 Å². The first kappa shape index (κ1) is 29.4. The van der Waals surface area contributed by atoms with E-state index < -0.39 is 0 Å². The van der Waals surface area contributed by atoms with Gasteiger partial charge in [-0.15, -0.1) is 0 Å². The molecule has 4 heteroatoms. The quantitative estimate of drug-likeness (QED) is 0.165. The molecule has 0 spiro atoms. The molecular weight excluding hydrogens is 700 g/mol. The third kappa shape index (κ3) is 4.52. The predicted molar refractivity (Wildman–Crippen MR) is 220 cm³/mol. The van der Waals surface area contributed by atoms with Crippen molar-refractivity contribution in [1.82, 2.24) is 4.57 Å². The Hall–Kier alpha value is -6.32. The zero-order chi connectivity index (χ0) is 34.2. The SMILES string of the molecule is c1ccc(-n2c3ccccc3c3ccc(N(c4ccc(-c5ccc6[se]c7ccccc7c6c5)cc4)c4cccc5c4oc4ccccc45)cc32)cc1. The van der Waals surface area contributed by atoms with Crippen LogP contribution in [0.15, 0.2) is 186 Å². The molecule has 52 heavy (non-hydrogen) atoms. The maximum atomic E-state index is 6.66. The average Bonchev–Trinajstić information content (AvgIpc) is 3.88. The van der Waals surface area contributed by atoms with Gasteiger partial charge in [0.05, 0.1) is 5.52 Å². The number of hydrogen-bond acceptors (Lipinski definition) is 2. The molecule has 0 atom stereocenters. The number of anilines is 3. The van der Waals surface area contributed by atoms with Crippen LogP contribution < -0.4 is 4.90 Å². The van der Waals surface area contributed by atoms with Gasteiger partial charge in [0.15, 0.2) is 0 Å². The Morgan fingerprint density at radius 2 is 1.10 bits per heavy atom. The summed E-state index contributed by atoms with van der Waals surface area (Å²) in [7, 11) is 0. The molecule has 11 aromatic rings. The molecule has 0 aliphatic rings. The van der Waals surface area contributed by atoms with Gasteiger partial charge in [0.25, 0.3) is 0 Å². The first-order chi connectivity index (χ1) is 25.8. The van der Waals surface area contributed by atoms with Crippen molar-refractivity contribution < 1.29 is 4.42 Å². The van der Waals surface area contributed by atoms with Crippen molar-refractivity contribution in [3.63, 3.8) is 0 Å². The standard InChI is InChI=1S/C48H30N2OSe/c1-2-11-33(12-3-1)50-42-17-7-4-13-36(42)37-27-26-35(30-44(37)50)49(43-18-10-16-40-38-14-5-8-19-45(38)51-48(40)43)34-24-21-31(22-25-34)32-23-28-47-41(29-32)39-15-6-9-20-46(39)52-47/h1-30H. The molecule has 3 nitrogen and oxygen atoms in total. The fraction of sp³-hybridized carbons (Fsp3) is 0. The zero-order valence-corrected chi connectivity index (χ0v) is 29.7. The Morgan fingerprint density at radius 3 is 1.98 bits per heavy atom. The van der Waals surface area contributed by atoms with E-state index in [4.69, 9.17) is 4.42 Å². The van der Waals surface area contributed by atoms with Gasteiger partial charge in [-0.3, -0.25) is 0 Å². The molecule has 11 rings (SSSR count). The Balaban J connectivity index is 1.12. The van der Waals surface area contributed by atoms with Gasteiger partial charge < -0.3 is 4.57 Å². The molecule has 244 valence electrons. The number of aromatic nitrogens is 1. The molecule has 0 aliphatic heterocycles. The molecule has 0 radical (unpaired) electrons. The van der Waals surface area contributed by atoms with Crippen molar-refractivity contribution in [2.24, 2.45) is 0 Å². The number of para-hydroxylation sites is 4. The Kier molecular flexibility index (Phi) is 6.57. The van der Waals surface area contributed by atoms with E-state index in [0.29, 0.717) is 14.5 Å². The van der Waals surface area contributed by atoms with Gasteiger partial charge >= 0.3 is 185 Å². The molecule has 0 fully saturated rings. The molecule has 0 saturated carbocycles. The number of furan rings is 1. The van der Waals surface area contributed by atoms with Crippen molar-refractivity contribution in [2.45, 2.75) is 0 Å². The molecular formula is C48H30N2OSe. The number of benzene rings is 8. The molecule has 0 unspecified atom stereocenters. The van der Waals surface area contributed by atoms with E-state index in [-0.39, 0.29) is 0 Å². The van der Waals surface area contributed by atoms with Crippen LogP contribution in [0.3, 0.4) is 0 Å². The fourth-order valence-electron chi connectivity index (χ4n) is 8.00. The van der Waals surface area contributed by atoms with E-state index in [2.05, 4.69) is 185 Å². The second-order valence-electron chi connectivity index (χ2n) is 13.3. The van der Waals surface area contributed by atoms with Crippen LogP contribution in [-0.2, 0) is 0 Å². The summed E-state index contributed by atoms with van der Waals surface area (Å²) in [5, 5.41) is 7.44. The summed E-state index contributed by atoms with van der Waals surface area (Å²) in [5.41, 5.74) is 10.8. The summed E-state index contributed by atoms with van der Waals surface area (Å²) in [5.74, 6) is 0. The maximum absolute atomic E-state index is 6.66. The van der Waals surface area contributed by atoms with Crippen LogP contribution in [0.25, 0.3) is 79.9 Å². The minimum atomic E-state index is 0.361. The molecule has 0 bridgehead atoms. The Morgan fingerprint density at radius 1 is 0.423 bits per heavy atom. The molecule has 0 saturated heterocycles. The summed E-state index contributed by atoms with van der Waals surface area (Å²) in [6.45, 7) is 0. The van der Waals surface area contributed by atoms with Crippen LogP contribution in [0.2, 0.25) is 0 Å². The zero-order valence-electron chi connectivity index (χ0n) is 28.0. The second kappa shape index (κ2) is 11.6. The van der Waals surface area contributed by atoms with Crippen molar-refractivity contribution >= 4 is 94.6 Å². The minimum Gasteiger partial charge on any atom is -0.0602 e. The predicted octanol–water partition coefficient (Wildman–Crippen LogP) is 13.2. The molecule has 0 aliphatic carbocycles. The number of fused-ring (bicyclic) bond motifs is 9. The van der Waals surface area contributed by atoms with Crippen LogP contribution in [0.1, 0.15) is 0 Å². The Bertz CT molecular complexity index is 3130. The van der Waals surface area contributed by atoms with Crippen molar-refractivity contribution in [2.75, 3.05) is 4.90 Å². The van der Waals surface area contributed by atoms with Crippen LogP contribution in [0, 0.1) is 0 Å². The Labute approximate surface area is 305 Å². The summed E-state index contributed by atoms with van der Waals surface area (Å²) in [6.07, 6.45) is 0. The topological polar surface area (TPSA) is 21.3 Å². The van der Waals surface area contributed by atoms with Gasteiger partial charge in [-0.1, -0.05) is 60.7 Å². The molecule has 3 aromatic heterocycles. The first-order valence-electron chi connectivity index (χ1n) is 17.6. The molecule has 8 aromatic carbocycles. The monoisotopic (exact) mass is 730 g/mol. The van der Waals surface area contributed by atoms with Crippen LogP contribution >= 0.6 is 0 Å². The number of hydrogen-bond donors (Lipinski definition) is 0. The van der Waals surface area contributed by atoms with Crippen LogP contribution in [0.5, 0.6) is 0 Å². The van der Waals surface area contributed by atoms with Gasteiger partial charge in [0, 0.05) is 21.8 Å². The second-order valence-corrected chi connectivity index (χ2v) is 15.6. The smallest absolute Gasteiger partial charge is 0.0602 e. The van der Waals surface area contributed by atoms with E-state index in [1.54, 1.807) is 0 Å². The van der Waals surface area contributed by atoms with E-state index in [9.17, 15) is 0 Å². The third-order valence-corrected chi connectivity index (χ3v) is 12.8. The summed E-state index contributed by atoms with van der Waals surface area (Å²) in [4.78, 5) is 2.35. The van der Waals surface area contributed by atoms with Crippen molar-refractivity contribution in [3.8, 4) is 16.8 Å². The van der Waals surface area contributed by atoms with Gasteiger partial charge in [-0.25, -0.2) is 0 Å². The summed E-state index contributed by atoms with van der Waals surface area (Å²) in [6, 6.07) is 65.8. The van der Waals surface area contributed by atoms with Crippen molar-refractivity contribution in [1.29, 1.82) is 0 Å². The van der Waals surface area contributed by atoms with E-state index >= 15 is 0 Å².